The van der Waals surface area contributed by atoms with Crippen LogP contribution in [0.4, 0.5) is 5.82 Å². The number of aliphatic imine (C=N–C) groups is 1. The Morgan fingerprint density at radius 3 is 2.89 bits per heavy atom. The highest BCUT2D eigenvalue weighted by atomic mass is 16.5. The Labute approximate surface area is 111 Å². The Morgan fingerprint density at radius 1 is 1.16 bits per heavy atom. The van der Waals surface area contributed by atoms with E-state index in [1.54, 1.807) is 0 Å². The average molecular weight is 256 g/mol. The van der Waals surface area contributed by atoms with Gasteiger partial charge in [0.15, 0.2) is 0 Å². The molecule has 0 amide bonds. The van der Waals surface area contributed by atoms with Gasteiger partial charge in [-0.15, -0.1) is 0 Å². The fourth-order valence-corrected chi connectivity index (χ4v) is 2.79. The summed E-state index contributed by atoms with van der Waals surface area (Å²) in [4.78, 5) is 8.01. The van der Waals surface area contributed by atoms with Gasteiger partial charge in [-0.25, -0.2) is 5.01 Å². The van der Waals surface area contributed by atoms with Crippen LogP contribution >= 0.6 is 0 Å². The fraction of sp³-hybridized carbons (Fsp3) is 0.357. The number of hydrazine groups is 1. The maximum absolute atomic E-state index is 5.42. The van der Waals surface area contributed by atoms with Crippen molar-refractivity contribution in [2.75, 3.05) is 38.0 Å². The predicted molar refractivity (Wildman–Crippen MR) is 75.6 cm³/mol. The number of aromatic nitrogens is 1. The predicted octanol–water partition coefficient (Wildman–Crippen LogP) is 1.61. The number of rotatable bonds is 1. The number of morpholine rings is 1. The quantitative estimate of drug-likeness (QED) is 0.843. The molecule has 1 fully saturated rings. The lowest BCUT2D eigenvalue weighted by Gasteiger charge is -2.38. The van der Waals surface area contributed by atoms with Crippen molar-refractivity contribution in [2.24, 2.45) is 4.99 Å². The van der Waals surface area contributed by atoms with Crippen LogP contribution in [0.5, 0.6) is 0 Å². The Kier molecular flexibility index (Phi) is 2.53. The highest BCUT2D eigenvalue weighted by molar-refractivity contribution is 6.05. The molecule has 98 valence electrons. The molecule has 0 aliphatic carbocycles. The van der Waals surface area contributed by atoms with Crippen molar-refractivity contribution < 1.29 is 4.74 Å². The third kappa shape index (κ3) is 1.74. The van der Waals surface area contributed by atoms with E-state index in [0.717, 1.165) is 32.1 Å². The molecule has 5 heteroatoms. The molecule has 0 radical (unpaired) electrons. The molecule has 3 heterocycles. The zero-order valence-electron chi connectivity index (χ0n) is 10.7. The molecule has 1 aromatic carbocycles. The summed E-state index contributed by atoms with van der Waals surface area (Å²) in [5.74, 6) is 1.15. The topological polar surface area (TPSA) is 43.9 Å². The lowest BCUT2D eigenvalue weighted by atomic mass is 10.1. The number of benzene rings is 1. The number of hydrogen-bond donors (Lipinski definition) is 1. The third-order valence-corrected chi connectivity index (χ3v) is 3.75. The summed E-state index contributed by atoms with van der Waals surface area (Å²) in [5, 5.41) is 5.78. The Bertz CT molecular complexity index is 627. The van der Waals surface area contributed by atoms with Crippen molar-refractivity contribution in [3.05, 3.63) is 29.8 Å². The molecule has 19 heavy (non-hydrogen) atoms. The normalized spacial score (nSPS) is 19.9. The van der Waals surface area contributed by atoms with Crippen molar-refractivity contribution in [3.8, 4) is 0 Å². The number of anilines is 1. The molecular formula is C14H16N4O. The zero-order valence-corrected chi connectivity index (χ0v) is 10.7. The average Bonchev–Trinajstić information content (AvgIpc) is 2.87. The lowest BCUT2D eigenvalue weighted by molar-refractivity contribution is 0.0315. The van der Waals surface area contributed by atoms with Crippen LogP contribution in [-0.2, 0) is 4.74 Å². The number of aromatic amines is 1. The van der Waals surface area contributed by atoms with Crippen LogP contribution < -0.4 is 5.01 Å². The molecule has 0 atom stereocenters. The number of H-pyrrole nitrogens is 1. The first kappa shape index (κ1) is 11.0. The van der Waals surface area contributed by atoms with E-state index in [1.807, 2.05) is 6.21 Å². The summed E-state index contributed by atoms with van der Waals surface area (Å²) in [6.07, 6.45) is 1.98. The van der Waals surface area contributed by atoms with Crippen LogP contribution in [0.25, 0.3) is 10.9 Å². The number of fused-ring (bicyclic) bond motifs is 3. The molecule has 5 nitrogen and oxygen atoms in total. The van der Waals surface area contributed by atoms with Gasteiger partial charge in [-0.05, 0) is 6.07 Å². The number of nitrogens with zero attached hydrogens (tertiary/aromatic N) is 3. The SMILES string of the molecule is C1=NCN(N2CCOCC2)c2[nH]c3ccccc3c21. The number of hydrogen-bond acceptors (Lipinski definition) is 4. The molecule has 2 aliphatic rings. The second kappa shape index (κ2) is 4.36. The van der Waals surface area contributed by atoms with Gasteiger partial charge in [-0.3, -0.25) is 10.0 Å². The fourth-order valence-electron chi connectivity index (χ4n) is 2.79. The van der Waals surface area contributed by atoms with Crippen molar-refractivity contribution in [1.82, 2.24) is 9.99 Å². The second-order valence-corrected chi connectivity index (χ2v) is 4.85. The maximum Gasteiger partial charge on any atom is 0.132 e. The number of ether oxygens (including phenoxy) is 1. The van der Waals surface area contributed by atoms with E-state index < -0.39 is 0 Å². The van der Waals surface area contributed by atoms with Gasteiger partial charge in [-0.1, -0.05) is 18.2 Å². The van der Waals surface area contributed by atoms with Crippen molar-refractivity contribution in [1.29, 1.82) is 0 Å². The van der Waals surface area contributed by atoms with Gasteiger partial charge in [0.05, 0.1) is 13.2 Å². The van der Waals surface area contributed by atoms with Gasteiger partial charge >= 0.3 is 0 Å². The van der Waals surface area contributed by atoms with Crippen molar-refractivity contribution >= 4 is 22.9 Å². The molecule has 1 aromatic heterocycles. The molecule has 2 aliphatic heterocycles. The van der Waals surface area contributed by atoms with Gasteiger partial charge in [0.2, 0.25) is 0 Å². The standard InChI is InChI=1S/C14H16N4O/c1-2-4-13-11(3-1)12-9-15-10-18(14(12)16-13)17-5-7-19-8-6-17/h1-4,9,16H,5-8,10H2. The first-order valence-electron chi connectivity index (χ1n) is 6.64. The van der Waals surface area contributed by atoms with Crippen LogP contribution in [0.15, 0.2) is 29.3 Å². The summed E-state index contributed by atoms with van der Waals surface area (Å²) in [7, 11) is 0. The first-order chi connectivity index (χ1) is 9.43. The van der Waals surface area contributed by atoms with E-state index in [4.69, 9.17) is 4.74 Å². The molecule has 2 aromatic rings. The maximum atomic E-state index is 5.42. The van der Waals surface area contributed by atoms with E-state index >= 15 is 0 Å². The zero-order chi connectivity index (χ0) is 12.7. The highest BCUT2D eigenvalue weighted by Gasteiger charge is 2.25. The smallest absolute Gasteiger partial charge is 0.132 e. The Morgan fingerprint density at radius 2 is 2.00 bits per heavy atom. The molecule has 0 unspecified atom stereocenters. The van der Waals surface area contributed by atoms with E-state index in [0.29, 0.717) is 6.67 Å². The minimum atomic E-state index is 0.680. The van der Waals surface area contributed by atoms with Crippen LogP contribution in [0.1, 0.15) is 5.56 Å². The summed E-state index contributed by atoms with van der Waals surface area (Å²) in [6.45, 7) is 4.10. The molecular weight excluding hydrogens is 240 g/mol. The Balaban J connectivity index is 1.79. The number of nitrogens with one attached hydrogen (secondary N) is 1. The Hall–Kier alpha value is -1.85. The summed E-state index contributed by atoms with van der Waals surface area (Å²) < 4.78 is 5.42. The van der Waals surface area contributed by atoms with Crippen LogP contribution in [0.3, 0.4) is 0 Å². The van der Waals surface area contributed by atoms with Gasteiger partial charge in [-0.2, -0.15) is 0 Å². The van der Waals surface area contributed by atoms with E-state index in [2.05, 4.69) is 44.3 Å². The summed E-state index contributed by atoms with van der Waals surface area (Å²) in [5.41, 5.74) is 2.35. The van der Waals surface area contributed by atoms with Crippen molar-refractivity contribution in [3.63, 3.8) is 0 Å². The minimum absolute atomic E-state index is 0.680. The van der Waals surface area contributed by atoms with Gasteiger partial charge < -0.3 is 9.72 Å². The van der Waals surface area contributed by atoms with Crippen LogP contribution in [0, 0.1) is 0 Å². The molecule has 0 bridgehead atoms. The van der Waals surface area contributed by atoms with Gasteiger partial charge in [0.25, 0.3) is 0 Å². The minimum Gasteiger partial charge on any atom is -0.379 e. The molecule has 0 spiro atoms. The van der Waals surface area contributed by atoms with Crippen LogP contribution in [0.2, 0.25) is 0 Å². The molecule has 1 saturated heterocycles. The van der Waals surface area contributed by atoms with Gasteiger partial charge in [0.1, 0.15) is 12.5 Å². The molecule has 4 rings (SSSR count). The van der Waals surface area contributed by atoms with E-state index in [1.165, 1.54) is 16.5 Å². The first-order valence-corrected chi connectivity index (χ1v) is 6.64. The third-order valence-electron chi connectivity index (χ3n) is 3.75. The monoisotopic (exact) mass is 256 g/mol. The molecule has 0 saturated carbocycles. The van der Waals surface area contributed by atoms with Crippen LogP contribution in [-0.4, -0.2) is 49.2 Å². The molecule has 1 N–H and O–H groups in total. The second-order valence-electron chi connectivity index (χ2n) is 4.85. The highest BCUT2D eigenvalue weighted by Crippen LogP contribution is 2.30. The summed E-state index contributed by atoms with van der Waals surface area (Å²) >= 11 is 0. The number of para-hydroxylation sites is 1. The van der Waals surface area contributed by atoms with Crippen molar-refractivity contribution in [2.45, 2.75) is 0 Å². The lowest BCUT2D eigenvalue weighted by Crippen LogP contribution is -2.50. The largest absolute Gasteiger partial charge is 0.379 e. The van der Waals surface area contributed by atoms with E-state index in [9.17, 15) is 0 Å². The van der Waals surface area contributed by atoms with Gasteiger partial charge in [0, 0.05) is 35.8 Å². The van der Waals surface area contributed by atoms with E-state index in [-0.39, 0.29) is 0 Å². The summed E-state index contributed by atoms with van der Waals surface area (Å²) in [6, 6.07) is 8.37.